The van der Waals surface area contributed by atoms with Crippen molar-refractivity contribution in [2.75, 3.05) is 18.6 Å². The maximum atomic E-state index is 13.1. The number of hydrogen-bond acceptors (Lipinski definition) is 7. The summed E-state index contributed by atoms with van der Waals surface area (Å²) >= 11 is 0. The molecule has 1 aromatic carbocycles. The predicted octanol–water partition coefficient (Wildman–Crippen LogP) is 2.20. The number of rotatable bonds is 3. The van der Waals surface area contributed by atoms with Gasteiger partial charge in [-0.05, 0) is 37.1 Å². The minimum absolute atomic E-state index is 0.0288. The summed E-state index contributed by atoms with van der Waals surface area (Å²) in [6, 6.07) is 6.70. The molecule has 0 fully saturated rings. The third-order valence-electron chi connectivity index (χ3n) is 5.81. The summed E-state index contributed by atoms with van der Waals surface area (Å²) in [6.07, 6.45) is 4.99. The SMILES string of the molecule is Cc1cnc2c(c1)OC[C@H](NC(=O)c1ncc(C)c(-c3cccc4c3ncn4C)n1)C(=O)N2C. The number of nitrogens with one attached hydrogen (secondary N) is 1. The van der Waals surface area contributed by atoms with Crippen LogP contribution in [0.15, 0.2) is 43.0 Å². The van der Waals surface area contributed by atoms with Gasteiger partial charge in [0, 0.05) is 32.1 Å². The van der Waals surface area contributed by atoms with Crippen molar-refractivity contribution < 1.29 is 14.3 Å². The van der Waals surface area contributed by atoms with Crippen molar-refractivity contribution in [2.24, 2.45) is 7.05 Å². The first-order valence-corrected chi connectivity index (χ1v) is 10.8. The molecule has 172 valence electrons. The van der Waals surface area contributed by atoms with Crippen molar-refractivity contribution >= 4 is 28.7 Å². The van der Waals surface area contributed by atoms with E-state index in [1.807, 2.05) is 49.7 Å². The molecule has 1 aliphatic rings. The Bertz CT molecular complexity index is 1450. The van der Waals surface area contributed by atoms with Crippen LogP contribution < -0.4 is 15.0 Å². The van der Waals surface area contributed by atoms with Crippen LogP contribution in [0, 0.1) is 13.8 Å². The number of hydrogen-bond donors (Lipinski definition) is 1. The second kappa shape index (κ2) is 8.22. The molecule has 0 aliphatic carbocycles. The average Bonchev–Trinajstić information content (AvgIpc) is 3.17. The van der Waals surface area contributed by atoms with Crippen LogP contribution >= 0.6 is 0 Å². The summed E-state index contributed by atoms with van der Waals surface area (Å²) in [7, 11) is 3.52. The third kappa shape index (κ3) is 3.62. The Hall–Kier alpha value is -4.34. The molecule has 1 aliphatic heterocycles. The van der Waals surface area contributed by atoms with Gasteiger partial charge in [0.15, 0.2) is 11.6 Å². The largest absolute Gasteiger partial charge is 0.487 e. The number of amides is 2. The quantitative estimate of drug-likeness (QED) is 0.501. The van der Waals surface area contributed by atoms with E-state index in [1.165, 1.54) is 4.90 Å². The molecule has 0 spiro atoms. The van der Waals surface area contributed by atoms with Crippen molar-refractivity contribution in [2.45, 2.75) is 19.9 Å². The number of pyridine rings is 1. The lowest BCUT2D eigenvalue weighted by Gasteiger charge is -2.19. The summed E-state index contributed by atoms with van der Waals surface area (Å²) < 4.78 is 7.71. The summed E-state index contributed by atoms with van der Waals surface area (Å²) in [6.45, 7) is 3.74. The number of nitrogens with zero attached hydrogens (tertiary/aromatic N) is 6. The highest BCUT2D eigenvalue weighted by Crippen LogP contribution is 2.30. The van der Waals surface area contributed by atoms with E-state index in [1.54, 1.807) is 25.8 Å². The fraction of sp³-hybridized carbons (Fsp3) is 0.250. The van der Waals surface area contributed by atoms with Crippen molar-refractivity contribution in [1.29, 1.82) is 0 Å². The molecule has 10 nitrogen and oxygen atoms in total. The van der Waals surface area contributed by atoms with E-state index in [-0.39, 0.29) is 18.3 Å². The smallest absolute Gasteiger partial charge is 0.289 e. The normalized spacial score (nSPS) is 15.6. The van der Waals surface area contributed by atoms with Gasteiger partial charge >= 0.3 is 0 Å². The summed E-state index contributed by atoms with van der Waals surface area (Å²) in [5.74, 6) is -0.0525. The molecular weight excluding hydrogens is 434 g/mol. The van der Waals surface area contributed by atoms with Crippen molar-refractivity contribution in [1.82, 2.24) is 29.8 Å². The molecular formula is C24H23N7O3. The Morgan fingerprint density at radius 3 is 2.79 bits per heavy atom. The first-order valence-electron chi connectivity index (χ1n) is 10.8. The molecule has 4 heterocycles. The van der Waals surface area contributed by atoms with Crippen molar-refractivity contribution in [3.8, 4) is 17.0 Å². The monoisotopic (exact) mass is 457 g/mol. The van der Waals surface area contributed by atoms with E-state index < -0.39 is 11.9 Å². The Labute approximate surface area is 195 Å². The zero-order valence-corrected chi connectivity index (χ0v) is 19.2. The molecule has 10 heteroatoms. The van der Waals surface area contributed by atoms with Crippen LogP contribution in [0.1, 0.15) is 21.7 Å². The van der Waals surface area contributed by atoms with Crippen molar-refractivity contribution in [3.63, 3.8) is 0 Å². The molecule has 0 saturated heterocycles. The summed E-state index contributed by atoms with van der Waals surface area (Å²) in [5, 5.41) is 2.72. The van der Waals surface area contributed by atoms with Gasteiger partial charge in [0.1, 0.15) is 12.6 Å². The maximum absolute atomic E-state index is 13.1. The second-order valence-electron chi connectivity index (χ2n) is 8.32. The van der Waals surface area contributed by atoms with Crippen LogP contribution in [0.2, 0.25) is 0 Å². The van der Waals surface area contributed by atoms with Gasteiger partial charge < -0.3 is 14.6 Å². The van der Waals surface area contributed by atoms with E-state index >= 15 is 0 Å². The van der Waals surface area contributed by atoms with E-state index in [0.717, 1.165) is 27.7 Å². The summed E-state index contributed by atoms with van der Waals surface area (Å²) in [5.41, 5.74) is 4.86. The number of aromatic nitrogens is 5. The number of anilines is 1. The predicted molar refractivity (Wildman–Crippen MR) is 126 cm³/mol. The van der Waals surface area contributed by atoms with Crippen LogP contribution in [0.5, 0.6) is 5.75 Å². The molecule has 0 bridgehead atoms. The molecule has 34 heavy (non-hydrogen) atoms. The van der Waals surface area contributed by atoms with Gasteiger partial charge in [-0.15, -0.1) is 0 Å². The molecule has 0 unspecified atom stereocenters. The Kier molecular flexibility index (Phi) is 5.20. The molecule has 3 aromatic heterocycles. The van der Waals surface area contributed by atoms with Crippen LogP contribution in [-0.2, 0) is 11.8 Å². The lowest BCUT2D eigenvalue weighted by Crippen LogP contribution is -2.49. The van der Waals surface area contributed by atoms with E-state index in [9.17, 15) is 9.59 Å². The van der Waals surface area contributed by atoms with Crippen LogP contribution in [0.3, 0.4) is 0 Å². The number of fused-ring (bicyclic) bond motifs is 2. The molecule has 2 amide bonds. The number of carbonyl (C=O) groups excluding carboxylic acids is 2. The lowest BCUT2D eigenvalue weighted by molar-refractivity contribution is -0.120. The number of para-hydroxylation sites is 1. The zero-order valence-electron chi connectivity index (χ0n) is 19.2. The fourth-order valence-electron chi connectivity index (χ4n) is 3.98. The molecule has 1 atom stereocenters. The van der Waals surface area contributed by atoms with Crippen LogP contribution in [-0.4, -0.2) is 56.0 Å². The van der Waals surface area contributed by atoms with Crippen LogP contribution in [0.25, 0.3) is 22.3 Å². The van der Waals surface area contributed by atoms with Gasteiger partial charge in [-0.1, -0.05) is 12.1 Å². The minimum atomic E-state index is -0.917. The van der Waals surface area contributed by atoms with Gasteiger partial charge in [0.05, 0.1) is 23.1 Å². The Morgan fingerprint density at radius 1 is 1.15 bits per heavy atom. The van der Waals surface area contributed by atoms with Crippen molar-refractivity contribution in [3.05, 3.63) is 59.9 Å². The zero-order chi connectivity index (χ0) is 24.0. The van der Waals surface area contributed by atoms with Gasteiger partial charge in [0.25, 0.3) is 11.8 Å². The molecule has 4 aromatic rings. The number of carbonyl (C=O) groups is 2. The minimum Gasteiger partial charge on any atom is -0.487 e. The first kappa shape index (κ1) is 21.5. The number of ether oxygens (including phenoxy) is 1. The van der Waals surface area contributed by atoms with Crippen LogP contribution in [0.4, 0.5) is 5.82 Å². The van der Waals surface area contributed by atoms with Gasteiger partial charge in [0.2, 0.25) is 5.82 Å². The molecule has 0 radical (unpaired) electrons. The lowest BCUT2D eigenvalue weighted by atomic mass is 10.1. The average molecular weight is 457 g/mol. The second-order valence-corrected chi connectivity index (χ2v) is 8.32. The third-order valence-corrected chi connectivity index (χ3v) is 5.81. The van der Waals surface area contributed by atoms with Gasteiger partial charge in [-0.3, -0.25) is 14.5 Å². The highest BCUT2D eigenvalue weighted by Gasteiger charge is 2.32. The maximum Gasteiger partial charge on any atom is 0.289 e. The topological polar surface area (TPSA) is 115 Å². The number of benzene rings is 1. The Balaban J connectivity index is 1.43. The highest BCUT2D eigenvalue weighted by molar-refractivity contribution is 6.02. The number of likely N-dealkylation sites (N-methyl/N-ethyl adjacent to an activating group) is 1. The highest BCUT2D eigenvalue weighted by atomic mass is 16.5. The number of imidazole rings is 1. The van der Waals surface area contributed by atoms with E-state index in [0.29, 0.717) is 17.3 Å². The standard InChI is InChI=1S/C24H23N7O3/c1-13-8-18-22(26-9-13)31(4)24(33)16(11-34-18)28-23(32)21-25-10-14(2)19(29-21)15-6-5-7-17-20(15)27-12-30(17)3/h5-10,12,16H,11H2,1-4H3,(H,28,32)/t16-/m0/s1. The molecule has 0 saturated carbocycles. The first-order chi connectivity index (χ1) is 16.3. The fourth-order valence-corrected chi connectivity index (χ4v) is 3.98. The molecule has 1 N–H and O–H groups in total. The Morgan fingerprint density at radius 2 is 1.97 bits per heavy atom. The molecule has 5 rings (SSSR count). The van der Waals surface area contributed by atoms with Gasteiger partial charge in [-0.2, -0.15) is 0 Å². The summed E-state index contributed by atoms with van der Waals surface area (Å²) in [4.78, 5) is 45.0. The van der Waals surface area contributed by atoms with E-state index in [2.05, 4.69) is 25.3 Å². The van der Waals surface area contributed by atoms with E-state index in [4.69, 9.17) is 4.74 Å². The number of aryl methyl sites for hydroxylation is 3. The van der Waals surface area contributed by atoms with Gasteiger partial charge in [-0.25, -0.2) is 19.9 Å².